The lowest BCUT2D eigenvalue weighted by atomic mass is 10.0. The summed E-state index contributed by atoms with van der Waals surface area (Å²) >= 11 is 5.76. The summed E-state index contributed by atoms with van der Waals surface area (Å²) in [5.74, 6) is 0. The van der Waals surface area contributed by atoms with E-state index in [0.29, 0.717) is 0 Å². The largest absolute Gasteiger partial charge is 0.353 e. The number of rotatable bonds is 3. The molecule has 4 rings (SSSR count). The SMILES string of the molecule is Cc1cc(C)cc(N2C(=S)N[C@H](c3ccccn3)[C@@H]2c2cccn2C)c1. The first-order chi connectivity index (χ1) is 12.5. The monoisotopic (exact) mass is 362 g/mol. The van der Waals surface area contributed by atoms with Crippen molar-refractivity contribution >= 4 is 23.0 Å². The second-order valence-corrected chi connectivity index (χ2v) is 7.27. The average molecular weight is 363 g/mol. The van der Waals surface area contributed by atoms with Gasteiger partial charge in [0.25, 0.3) is 0 Å². The van der Waals surface area contributed by atoms with Gasteiger partial charge in [0.2, 0.25) is 0 Å². The normalized spacial score (nSPS) is 19.7. The van der Waals surface area contributed by atoms with Crippen molar-refractivity contribution in [2.45, 2.75) is 25.9 Å². The number of nitrogens with one attached hydrogen (secondary N) is 1. The Balaban J connectivity index is 1.86. The first kappa shape index (κ1) is 16.8. The fraction of sp³-hybridized carbons (Fsp3) is 0.238. The second-order valence-electron chi connectivity index (χ2n) is 6.89. The molecule has 3 heterocycles. The van der Waals surface area contributed by atoms with Crippen LogP contribution in [0.15, 0.2) is 60.9 Å². The molecule has 1 aromatic carbocycles. The van der Waals surface area contributed by atoms with Crippen LogP contribution in [-0.2, 0) is 7.05 Å². The number of hydrogen-bond acceptors (Lipinski definition) is 2. The molecular weight excluding hydrogens is 340 g/mol. The third-order valence-electron chi connectivity index (χ3n) is 4.87. The average Bonchev–Trinajstić information content (AvgIpc) is 3.17. The highest BCUT2D eigenvalue weighted by Gasteiger charge is 2.41. The molecule has 0 amide bonds. The van der Waals surface area contributed by atoms with Crippen LogP contribution in [0.4, 0.5) is 5.69 Å². The minimum absolute atomic E-state index is 0.00174. The minimum atomic E-state index is -0.00174. The number of anilines is 1. The molecule has 1 aliphatic heterocycles. The van der Waals surface area contributed by atoms with Crippen molar-refractivity contribution in [2.75, 3.05) is 4.90 Å². The lowest BCUT2D eigenvalue weighted by molar-refractivity contribution is 0.541. The van der Waals surface area contributed by atoms with E-state index in [1.165, 1.54) is 16.8 Å². The lowest BCUT2D eigenvalue weighted by Gasteiger charge is -2.28. The van der Waals surface area contributed by atoms with E-state index in [-0.39, 0.29) is 12.1 Å². The standard InChI is InChI=1S/C21H22N4S/c1-14-11-15(2)13-16(12-14)25-20(18-8-6-10-24(18)3)19(23-21(25)26)17-7-4-5-9-22-17/h4-13,19-20H,1-3H3,(H,23,26)/t19-,20+/m1/s1. The second kappa shape index (κ2) is 6.57. The van der Waals surface area contributed by atoms with Crippen molar-refractivity contribution in [1.82, 2.24) is 14.9 Å². The van der Waals surface area contributed by atoms with Crippen LogP contribution in [0.5, 0.6) is 0 Å². The summed E-state index contributed by atoms with van der Waals surface area (Å²) in [4.78, 5) is 6.82. The van der Waals surface area contributed by atoms with Gasteiger partial charge in [0.1, 0.15) is 6.04 Å². The van der Waals surface area contributed by atoms with E-state index in [4.69, 9.17) is 12.2 Å². The number of thiocarbonyl (C=S) groups is 1. The van der Waals surface area contributed by atoms with Gasteiger partial charge in [-0.15, -0.1) is 0 Å². The van der Waals surface area contributed by atoms with Gasteiger partial charge in [0.15, 0.2) is 5.11 Å². The van der Waals surface area contributed by atoms with Gasteiger partial charge in [-0.3, -0.25) is 4.98 Å². The summed E-state index contributed by atoms with van der Waals surface area (Å²) in [5, 5.41) is 4.24. The number of nitrogens with zero attached hydrogens (tertiary/aromatic N) is 3. The molecule has 1 fully saturated rings. The fourth-order valence-corrected chi connectivity index (χ4v) is 4.15. The van der Waals surface area contributed by atoms with Gasteiger partial charge in [-0.2, -0.15) is 0 Å². The molecule has 2 atom stereocenters. The molecule has 1 saturated heterocycles. The zero-order chi connectivity index (χ0) is 18.3. The molecule has 132 valence electrons. The molecule has 1 N–H and O–H groups in total. The third kappa shape index (κ3) is 2.88. The van der Waals surface area contributed by atoms with Crippen molar-refractivity contribution in [1.29, 1.82) is 0 Å². The number of benzene rings is 1. The van der Waals surface area contributed by atoms with Crippen LogP contribution in [0.2, 0.25) is 0 Å². The number of hydrogen-bond donors (Lipinski definition) is 1. The van der Waals surface area contributed by atoms with Crippen LogP contribution in [0.1, 0.15) is 34.6 Å². The Bertz CT molecular complexity index is 927. The highest BCUT2D eigenvalue weighted by atomic mass is 32.1. The van der Waals surface area contributed by atoms with Crippen molar-refractivity contribution in [3.63, 3.8) is 0 Å². The highest BCUT2D eigenvalue weighted by Crippen LogP contribution is 2.41. The van der Waals surface area contributed by atoms with E-state index >= 15 is 0 Å². The number of aryl methyl sites for hydroxylation is 3. The van der Waals surface area contributed by atoms with Gasteiger partial charge >= 0.3 is 0 Å². The topological polar surface area (TPSA) is 33.1 Å². The summed E-state index contributed by atoms with van der Waals surface area (Å²) in [6.45, 7) is 4.24. The minimum Gasteiger partial charge on any atom is -0.353 e. The highest BCUT2D eigenvalue weighted by molar-refractivity contribution is 7.80. The molecule has 5 heteroatoms. The van der Waals surface area contributed by atoms with Crippen LogP contribution in [0.25, 0.3) is 0 Å². The lowest BCUT2D eigenvalue weighted by Crippen LogP contribution is -2.30. The van der Waals surface area contributed by atoms with Crippen molar-refractivity contribution < 1.29 is 0 Å². The van der Waals surface area contributed by atoms with Crippen LogP contribution in [-0.4, -0.2) is 14.7 Å². The van der Waals surface area contributed by atoms with E-state index in [0.717, 1.165) is 16.5 Å². The maximum absolute atomic E-state index is 5.76. The summed E-state index contributed by atoms with van der Waals surface area (Å²) in [6.07, 6.45) is 3.91. The molecular formula is C21H22N4S. The molecule has 0 unspecified atom stereocenters. The van der Waals surface area contributed by atoms with E-state index in [9.17, 15) is 0 Å². The number of aromatic nitrogens is 2. The molecule has 4 nitrogen and oxygen atoms in total. The van der Waals surface area contributed by atoms with Crippen molar-refractivity contribution in [3.8, 4) is 0 Å². The van der Waals surface area contributed by atoms with Crippen LogP contribution >= 0.6 is 12.2 Å². The van der Waals surface area contributed by atoms with Gasteiger partial charge in [0, 0.05) is 30.8 Å². The van der Waals surface area contributed by atoms with Crippen molar-refractivity contribution in [3.05, 3.63) is 83.4 Å². The summed E-state index contributed by atoms with van der Waals surface area (Å²) in [7, 11) is 2.08. The van der Waals surface area contributed by atoms with E-state index < -0.39 is 0 Å². The van der Waals surface area contributed by atoms with E-state index in [1.54, 1.807) is 0 Å². The first-order valence-corrected chi connectivity index (χ1v) is 9.15. The van der Waals surface area contributed by atoms with E-state index in [1.807, 2.05) is 18.3 Å². The van der Waals surface area contributed by atoms with Gasteiger partial charge < -0.3 is 14.8 Å². The maximum Gasteiger partial charge on any atom is 0.174 e. The molecule has 1 aliphatic rings. The Hall–Kier alpha value is -2.66. The molecule has 26 heavy (non-hydrogen) atoms. The summed E-state index contributed by atoms with van der Waals surface area (Å²) < 4.78 is 2.16. The molecule has 0 bridgehead atoms. The molecule has 0 aliphatic carbocycles. The molecule has 2 aromatic heterocycles. The molecule has 0 saturated carbocycles. The summed E-state index contributed by atoms with van der Waals surface area (Å²) in [5.41, 5.74) is 5.77. The van der Waals surface area contributed by atoms with Crippen LogP contribution in [0.3, 0.4) is 0 Å². The molecule has 0 spiro atoms. The Kier molecular flexibility index (Phi) is 4.24. The van der Waals surface area contributed by atoms with Crippen molar-refractivity contribution in [2.24, 2.45) is 7.05 Å². The fourth-order valence-electron chi connectivity index (χ4n) is 3.80. The third-order valence-corrected chi connectivity index (χ3v) is 5.18. The van der Waals surface area contributed by atoms with Crippen LogP contribution in [0, 0.1) is 13.8 Å². The smallest absolute Gasteiger partial charge is 0.174 e. The Morgan fingerprint density at radius 2 is 1.81 bits per heavy atom. The zero-order valence-electron chi connectivity index (χ0n) is 15.2. The van der Waals surface area contributed by atoms with E-state index in [2.05, 4.69) is 83.3 Å². The predicted octanol–water partition coefficient (Wildman–Crippen LogP) is 4.21. The summed E-state index contributed by atoms with van der Waals surface area (Å²) in [6, 6.07) is 16.9. The predicted molar refractivity (Wildman–Crippen MR) is 109 cm³/mol. The van der Waals surface area contributed by atoms with Gasteiger partial charge in [-0.05, 0) is 73.6 Å². The quantitative estimate of drug-likeness (QED) is 0.708. The molecule has 0 radical (unpaired) electrons. The first-order valence-electron chi connectivity index (χ1n) is 8.75. The Morgan fingerprint density at radius 3 is 2.42 bits per heavy atom. The zero-order valence-corrected chi connectivity index (χ0v) is 16.0. The van der Waals surface area contributed by atoms with Gasteiger partial charge in [-0.1, -0.05) is 12.1 Å². The Morgan fingerprint density at radius 1 is 1.04 bits per heavy atom. The van der Waals surface area contributed by atoms with Gasteiger partial charge in [-0.25, -0.2) is 0 Å². The Labute approximate surface area is 159 Å². The number of pyridine rings is 1. The molecule has 3 aromatic rings. The van der Waals surface area contributed by atoms with Gasteiger partial charge in [0.05, 0.1) is 11.7 Å². The van der Waals surface area contributed by atoms with Crippen LogP contribution < -0.4 is 10.2 Å². The maximum atomic E-state index is 5.76.